The molecule has 1 aromatic heterocycles. The van der Waals surface area contributed by atoms with Crippen molar-refractivity contribution in [2.75, 3.05) is 0 Å². The third-order valence-corrected chi connectivity index (χ3v) is 3.10. The second-order valence-electron chi connectivity index (χ2n) is 4.73. The number of aromatic nitrogens is 2. The molecule has 1 aromatic carbocycles. The lowest BCUT2D eigenvalue weighted by Crippen LogP contribution is -2.19. The van der Waals surface area contributed by atoms with Gasteiger partial charge in [-0.1, -0.05) is 40.1 Å². The average Bonchev–Trinajstić information content (AvgIpc) is 2.74. The Balaban J connectivity index is 2.13. The van der Waals surface area contributed by atoms with Gasteiger partial charge >= 0.3 is 5.97 Å². The fraction of sp³-hybridized carbons (Fsp3) is 0.357. The van der Waals surface area contributed by atoms with Gasteiger partial charge in [0.25, 0.3) is 0 Å². The molecule has 0 aliphatic carbocycles. The minimum Gasteiger partial charge on any atom is -0.481 e. The summed E-state index contributed by atoms with van der Waals surface area (Å²) >= 11 is 0. The first kappa shape index (κ1) is 13.3. The smallest absolute Gasteiger partial charge is 0.307 e. The van der Waals surface area contributed by atoms with Gasteiger partial charge in [-0.25, -0.2) is 4.63 Å². The van der Waals surface area contributed by atoms with E-state index in [9.17, 15) is 9.90 Å². The molecule has 1 unspecified atom stereocenters. The highest BCUT2D eigenvalue weighted by Gasteiger charge is 2.21. The van der Waals surface area contributed by atoms with Gasteiger partial charge in [-0.3, -0.25) is 4.79 Å². The van der Waals surface area contributed by atoms with E-state index in [-0.39, 0.29) is 0 Å². The molecule has 1 atom stereocenters. The number of hydrogen-bond acceptors (Lipinski definition) is 4. The van der Waals surface area contributed by atoms with Crippen LogP contribution in [0.3, 0.4) is 0 Å². The highest BCUT2D eigenvalue weighted by molar-refractivity contribution is 5.70. The molecule has 2 rings (SSSR count). The zero-order valence-electron chi connectivity index (χ0n) is 11.0. The van der Waals surface area contributed by atoms with Crippen LogP contribution in [0.4, 0.5) is 0 Å². The van der Waals surface area contributed by atoms with Gasteiger partial charge in [0.05, 0.1) is 5.92 Å². The number of nitrogens with zero attached hydrogens (tertiary/aromatic N) is 2. The van der Waals surface area contributed by atoms with E-state index in [1.54, 1.807) is 6.92 Å². The van der Waals surface area contributed by atoms with Crippen molar-refractivity contribution in [3.05, 3.63) is 46.8 Å². The van der Waals surface area contributed by atoms with Crippen molar-refractivity contribution in [3.63, 3.8) is 0 Å². The maximum atomic E-state index is 11.3. The van der Waals surface area contributed by atoms with Crippen molar-refractivity contribution in [1.29, 1.82) is 0 Å². The summed E-state index contributed by atoms with van der Waals surface area (Å²) in [7, 11) is 0. The second kappa shape index (κ2) is 5.65. The van der Waals surface area contributed by atoms with Crippen LogP contribution in [0.5, 0.6) is 0 Å². The summed E-state index contributed by atoms with van der Waals surface area (Å²) in [6, 6.07) is 7.87. The molecule has 0 aliphatic heterocycles. The van der Waals surface area contributed by atoms with Gasteiger partial charge in [0.15, 0.2) is 0 Å². The normalized spacial score (nSPS) is 12.3. The largest absolute Gasteiger partial charge is 0.481 e. The number of aryl methyl sites for hydroxylation is 2. The van der Waals surface area contributed by atoms with Gasteiger partial charge in [-0.05, 0) is 25.8 Å². The Labute approximate surface area is 111 Å². The van der Waals surface area contributed by atoms with Crippen LogP contribution in [-0.4, -0.2) is 21.4 Å². The Kier molecular flexibility index (Phi) is 3.94. The van der Waals surface area contributed by atoms with Crippen molar-refractivity contribution in [2.45, 2.75) is 26.7 Å². The van der Waals surface area contributed by atoms with E-state index in [2.05, 4.69) is 14.9 Å². The van der Waals surface area contributed by atoms with E-state index < -0.39 is 11.9 Å². The van der Waals surface area contributed by atoms with Crippen molar-refractivity contribution >= 4 is 5.97 Å². The molecule has 0 fully saturated rings. The number of carboxylic acid groups (broad SMARTS) is 1. The number of carbonyl (C=O) groups is 1. The predicted octanol–water partition coefficient (Wildman–Crippen LogP) is 2.17. The third kappa shape index (κ3) is 3.40. The van der Waals surface area contributed by atoms with Gasteiger partial charge in [0.2, 0.25) is 0 Å². The Bertz CT molecular complexity index is 578. The second-order valence-corrected chi connectivity index (χ2v) is 4.73. The summed E-state index contributed by atoms with van der Waals surface area (Å²) < 4.78 is 4.60. The molecular weight excluding hydrogens is 244 g/mol. The molecular formula is C14H16N2O3. The minimum atomic E-state index is -0.830. The van der Waals surface area contributed by atoms with Gasteiger partial charge < -0.3 is 5.11 Å². The van der Waals surface area contributed by atoms with Crippen LogP contribution in [0.15, 0.2) is 28.9 Å². The summed E-state index contributed by atoms with van der Waals surface area (Å²) in [5.74, 6) is -1.35. The Morgan fingerprint density at radius 1 is 1.32 bits per heavy atom. The van der Waals surface area contributed by atoms with Crippen LogP contribution >= 0.6 is 0 Å². The molecule has 0 saturated carbocycles. The molecule has 0 spiro atoms. The van der Waals surface area contributed by atoms with Gasteiger partial charge in [-0.2, -0.15) is 0 Å². The average molecular weight is 260 g/mol. The van der Waals surface area contributed by atoms with Crippen LogP contribution in [0, 0.1) is 19.8 Å². The lowest BCUT2D eigenvalue weighted by Gasteiger charge is -2.11. The molecule has 0 saturated heterocycles. The predicted molar refractivity (Wildman–Crippen MR) is 68.7 cm³/mol. The lowest BCUT2D eigenvalue weighted by molar-refractivity contribution is -0.141. The number of rotatable bonds is 5. The lowest BCUT2D eigenvalue weighted by atomic mass is 9.94. The van der Waals surface area contributed by atoms with Gasteiger partial charge in [-0.15, -0.1) is 0 Å². The summed E-state index contributed by atoms with van der Waals surface area (Å²) in [5.41, 5.74) is 3.40. The molecule has 0 amide bonds. The van der Waals surface area contributed by atoms with Crippen LogP contribution in [0.1, 0.15) is 22.5 Å². The number of carboxylic acids is 1. The maximum Gasteiger partial charge on any atom is 0.307 e. The van der Waals surface area contributed by atoms with E-state index >= 15 is 0 Å². The Hall–Kier alpha value is -2.17. The first-order valence-corrected chi connectivity index (χ1v) is 6.12. The topological polar surface area (TPSA) is 76.2 Å². The summed E-state index contributed by atoms with van der Waals surface area (Å²) in [4.78, 5) is 11.3. The summed E-state index contributed by atoms with van der Waals surface area (Å²) in [6.07, 6.45) is 0.807. The highest BCUT2D eigenvalue weighted by Crippen LogP contribution is 2.16. The monoisotopic (exact) mass is 260 g/mol. The van der Waals surface area contributed by atoms with Crippen molar-refractivity contribution < 1.29 is 14.5 Å². The van der Waals surface area contributed by atoms with Crippen LogP contribution < -0.4 is 0 Å². The Morgan fingerprint density at radius 3 is 2.68 bits per heavy atom. The van der Waals surface area contributed by atoms with Crippen molar-refractivity contribution in [3.8, 4) is 0 Å². The van der Waals surface area contributed by atoms with Crippen LogP contribution in [0.2, 0.25) is 0 Å². The molecule has 19 heavy (non-hydrogen) atoms. The van der Waals surface area contributed by atoms with Crippen molar-refractivity contribution in [2.24, 2.45) is 5.92 Å². The quantitative estimate of drug-likeness (QED) is 0.891. The minimum absolute atomic E-state index is 0.332. The fourth-order valence-electron chi connectivity index (χ4n) is 2.04. The zero-order valence-corrected chi connectivity index (χ0v) is 11.0. The molecule has 100 valence electrons. The molecule has 5 heteroatoms. The maximum absolute atomic E-state index is 11.3. The molecule has 0 bridgehead atoms. The molecule has 2 aromatic rings. The molecule has 5 nitrogen and oxygen atoms in total. The van der Waals surface area contributed by atoms with E-state index in [4.69, 9.17) is 0 Å². The van der Waals surface area contributed by atoms with E-state index in [1.165, 1.54) is 0 Å². The van der Waals surface area contributed by atoms with E-state index in [1.807, 2.05) is 31.2 Å². The van der Waals surface area contributed by atoms with Crippen LogP contribution in [0.25, 0.3) is 0 Å². The molecule has 1 N–H and O–H groups in total. The molecule has 0 radical (unpaired) electrons. The van der Waals surface area contributed by atoms with Gasteiger partial charge in [0.1, 0.15) is 11.4 Å². The Morgan fingerprint density at radius 2 is 2.11 bits per heavy atom. The first-order valence-electron chi connectivity index (χ1n) is 6.12. The third-order valence-electron chi connectivity index (χ3n) is 3.10. The zero-order chi connectivity index (χ0) is 13.8. The van der Waals surface area contributed by atoms with E-state index in [0.717, 1.165) is 11.1 Å². The number of benzene rings is 1. The van der Waals surface area contributed by atoms with Crippen molar-refractivity contribution in [1.82, 2.24) is 10.3 Å². The van der Waals surface area contributed by atoms with Crippen LogP contribution in [-0.2, 0) is 17.6 Å². The number of hydrogen-bond donors (Lipinski definition) is 1. The standard InChI is InChI=1S/C14H16N2O3/c1-9-4-3-5-11(6-9)7-12(14(17)18)8-13-10(2)15-19-16-13/h3-6,12H,7-8H2,1-2H3,(H,17,18). The summed E-state index contributed by atoms with van der Waals surface area (Å²) in [5, 5.41) is 16.7. The van der Waals surface area contributed by atoms with E-state index in [0.29, 0.717) is 24.2 Å². The first-order chi connectivity index (χ1) is 9.06. The molecule has 1 heterocycles. The SMILES string of the molecule is Cc1cccc(CC(Cc2nonc2C)C(=O)O)c1. The number of aliphatic carboxylic acids is 1. The highest BCUT2D eigenvalue weighted by atomic mass is 16.6. The van der Waals surface area contributed by atoms with Gasteiger partial charge in [0, 0.05) is 6.42 Å². The fourth-order valence-corrected chi connectivity index (χ4v) is 2.04. The molecule has 0 aliphatic rings. The summed E-state index contributed by atoms with van der Waals surface area (Å²) in [6.45, 7) is 3.75.